The summed E-state index contributed by atoms with van der Waals surface area (Å²) in [6.07, 6.45) is 4.49. The number of likely N-dealkylation sites (tertiary alicyclic amines) is 1. The molecule has 1 fully saturated rings. The van der Waals surface area contributed by atoms with Gasteiger partial charge in [-0.2, -0.15) is 0 Å². The van der Waals surface area contributed by atoms with Crippen molar-refractivity contribution in [3.8, 4) is 5.75 Å². The standard InChI is InChI=1S/C15H23NO2.ClH/c1-18-15-7-5-13(6-8-15)11-14(17)12-16-9-3-2-4-10-16;/h5-8,14,17H,2-4,9-12H2,1H3;1H. The van der Waals surface area contributed by atoms with Crippen LogP contribution in [0.3, 0.4) is 0 Å². The molecule has 0 saturated carbocycles. The van der Waals surface area contributed by atoms with Gasteiger partial charge in [-0.15, -0.1) is 0 Å². The lowest BCUT2D eigenvalue weighted by atomic mass is 10.1. The number of aliphatic hydroxyl groups excluding tert-OH is 1. The topological polar surface area (TPSA) is 33.9 Å². The molecule has 1 aliphatic rings. The molecule has 1 saturated heterocycles. The van der Waals surface area contributed by atoms with Crippen molar-refractivity contribution in [2.75, 3.05) is 26.7 Å². The van der Waals surface area contributed by atoms with E-state index in [0.717, 1.165) is 18.7 Å². The summed E-state index contributed by atoms with van der Waals surface area (Å²) in [5.41, 5.74) is 1.18. The number of aliphatic hydroxyl groups is 1. The van der Waals surface area contributed by atoms with Crippen molar-refractivity contribution in [2.45, 2.75) is 31.8 Å². The van der Waals surface area contributed by atoms with Gasteiger partial charge in [0.05, 0.1) is 20.2 Å². The van der Waals surface area contributed by atoms with Gasteiger partial charge in [0, 0.05) is 6.42 Å². The van der Waals surface area contributed by atoms with Gasteiger partial charge < -0.3 is 27.2 Å². The molecule has 0 aliphatic carbocycles. The Balaban J connectivity index is 0.00000180. The minimum Gasteiger partial charge on any atom is -1.00 e. The van der Waals surface area contributed by atoms with E-state index in [1.807, 2.05) is 24.3 Å². The smallest absolute Gasteiger partial charge is 0.118 e. The highest BCUT2D eigenvalue weighted by molar-refractivity contribution is 5.27. The van der Waals surface area contributed by atoms with Crippen LogP contribution in [0.1, 0.15) is 24.8 Å². The predicted octanol–water partition coefficient (Wildman–Crippen LogP) is -2.33. The quantitative estimate of drug-likeness (QED) is 0.637. The fourth-order valence-electron chi connectivity index (χ4n) is 2.69. The van der Waals surface area contributed by atoms with E-state index in [1.165, 1.54) is 37.9 Å². The molecule has 19 heavy (non-hydrogen) atoms. The minimum atomic E-state index is -0.230. The number of ether oxygens (including phenoxy) is 1. The van der Waals surface area contributed by atoms with Crippen molar-refractivity contribution >= 4 is 0 Å². The summed E-state index contributed by atoms with van der Waals surface area (Å²) in [6, 6.07) is 7.98. The van der Waals surface area contributed by atoms with Gasteiger partial charge in [0.2, 0.25) is 0 Å². The van der Waals surface area contributed by atoms with Crippen molar-refractivity contribution in [1.29, 1.82) is 0 Å². The van der Waals surface area contributed by atoms with Crippen molar-refractivity contribution in [3.63, 3.8) is 0 Å². The second-order valence-corrected chi connectivity index (χ2v) is 5.22. The molecule has 0 radical (unpaired) electrons. The second kappa shape index (κ2) is 8.41. The largest absolute Gasteiger partial charge is 1.00 e. The molecule has 1 heterocycles. The summed E-state index contributed by atoms with van der Waals surface area (Å²) < 4.78 is 5.13. The minimum absolute atomic E-state index is 0. The molecule has 0 spiro atoms. The van der Waals surface area contributed by atoms with Crippen LogP contribution in [-0.4, -0.2) is 38.0 Å². The van der Waals surface area contributed by atoms with E-state index in [1.54, 1.807) is 12.0 Å². The fourth-order valence-corrected chi connectivity index (χ4v) is 2.69. The fraction of sp³-hybridized carbons (Fsp3) is 0.600. The van der Waals surface area contributed by atoms with Crippen LogP contribution < -0.4 is 22.0 Å². The Morgan fingerprint density at radius 3 is 2.37 bits per heavy atom. The highest BCUT2D eigenvalue weighted by atomic mass is 35.5. The number of rotatable bonds is 5. The van der Waals surface area contributed by atoms with E-state index in [0.29, 0.717) is 0 Å². The zero-order chi connectivity index (χ0) is 12.8. The molecule has 3 nitrogen and oxygen atoms in total. The van der Waals surface area contributed by atoms with Crippen LogP contribution in [0.4, 0.5) is 0 Å². The first-order valence-electron chi connectivity index (χ1n) is 6.92. The molecule has 2 N–H and O–H groups in total. The summed E-state index contributed by atoms with van der Waals surface area (Å²) in [6.45, 7) is 3.32. The number of hydrogen-bond acceptors (Lipinski definition) is 2. The third-order valence-electron chi connectivity index (χ3n) is 3.72. The molecule has 0 amide bonds. The predicted molar refractivity (Wildman–Crippen MR) is 72.1 cm³/mol. The van der Waals surface area contributed by atoms with E-state index in [2.05, 4.69) is 0 Å². The summed E-state index contributed by atoms with van der Waals surface area (Å²) in [5.74, 6) is 0.870. The van der Waals surface area contributed by atoms with Crippen LogP contribution in [0, 0.1) is 0 Å². The summed E-state index contributed by atoms with van der Waals surface area (Å²) >= 11 is 0. The van der Waals surface area contributed by atoms with Crippen LogP contribution in [-0.2, 0) is 6.42 Å². The summed E-state index contributed by atoms with van der Waals surface area (Å²) in [4.78, 5) is 1.56. The number of methoxy groups -OCH3 is 1. The van der Waals surface area contributed by atoms with Gasteiger partial charge in [0.15, 0.2) is 0 Å². The average molecular weight is 286 g/mol. The molecule has 2 rings (SSSR count). The van der Waals surface area contributed by atoms with Crippen molar-refractivity contribution in [3.05, 3.63) is 29.8 Å². The van der Waals surface area contributed by atoms with Crippen LogP contribution in [0.2, 0.25) is 0 Å². The maximum Gasteiger partial charge on any atom is 0.118 e. The third kappa shape index (κ3) is 5.39. The average Bonchev–Trinajstić information content (AvgIpc) is 2.40. The number of hydrogen-bond donors (Lipinski definition) is 2. The van der Waals surface area contributed by atoms with Gasteiger partial charge in [-0.3, -0.25) is 0 Å². The zero-order valence-corrected chi connectivity index (χ0v) is 12.3. The lowest BCUT2D eigenvalue weighted by molar-refractivity contribution is -0.907. The van der Waals surface area contributed by atoms with Gasteiger partial charge in [-0.1, -0.05) is 12.1 Å². The first-order chi connectivity index (χ1) is 8.78. The molecule has 1 unspecified atom stereocenters. The number of nitrogens with one attached hydrogen (secondary N) is 1. The third-order valence-corrected chi connectivity index (χ3v) is 3.72. The molecule has 0 bridgehead atoms. The van der Waals surface area contributed by atoms with Gasteiger partial charge in [0.25, 0.3) is 0 Å². The van der Waals surface area contributed by atoms with E-state index < -0.39 is 0 Å². The van der Waals surface area contributed by atoms with Crippen LogP contribution in [0.15, 0.2) is 24.3 Å². The maximum absolute atomic E-state index is 10.1. The van der Waals surface area contributed by atoms with Crippen molar-refractivity contribution in [1.82, 2.24) is 0 Å². The Labute approximate surface area is 122 Å². The number of quaternary nitrogens is 1. The number of piperidine rings is 1. The van der Waals surface area contributed by atoms with E-state index in [9.17, 15) is 5.11 Å². The Bertz CT molecular complexity index is 350. The first kappa shape index (κ1) is 16.3. The molecular weight excluding hydrogens is 262 g/mol. The van der Waals surface area contributed by atoms with Crippen LogP contribution >= 0.6 is 0 Å². The maximum atomic E-state index is 10.1. The molecular formula is C15H24ClNO2. The van der Waals surface area contributed by atoms with Gasteiger partial charge in [-0.05, 0) is 37.0 Å². The number of benzene rings is 1. The highest BCUT2D eigenvalue weighted by Crippen LogP contribution is 2.12. The highest BCUT2D eigenvalue weighted by Gasteiger charge is 2.17. The molecule has 1 aliphatic heterocycles. The molecule has 1 aromatic carbocycles. The molecule has 108 valence electrons. The van der Waals surface area contributed by atoms with E-state index >= 15 is 0 Å². The molecule has 0 aromatic heterocycles. The van der Waals surface area contributed by atoms with Crippen LogP contribution in [0.25, 0.3) is 0 Å². The molecule has 1 aromatic rings. The number of halogens is 1. The Hall–Kier alpha value is -0.770. The van der Waals surface area contributed by atoms with Crippen molar-refractivity contribution in [2.24, 2.45) is 0 Å². The van der Waals surface area contributed by atoms with Gasteiger partial charge >= 0.3 is 0 Å². The monoisotopic (exact) mass is 285 g/mol. The Morgan fingerprint density at radius 1 is 1.16 bits per heavy atom. The summed E-state index contributed by atoms with van der Waals surface area (Å²) in [7, 11) is 1.67. The van der Waals surface area contributed by atoms with Gasteiger partial charge in [0.1, 0.15) is 18.4 Å². The zero-order valence-electron chi connectivity index (χ0n) is 11.6. The van der Waals surface area contributed by atoms with Crippen LogP contribution in [0.5, 0.6) is 5.75 Å². The summed E-state index contributed by atoms with van der Waals surface area (Å²) in [5, 5.41) is 10.1. The van der Waals surface area contributed by atoms with E-state index in [4.69, 9.17) is 4.74 Å². The SMILES string of the molecule is COc1ccc(CC(O)C[NH+]2CCCCC2)cc1.[Cl-]. The lowest BCUT2D eigenvalue weighted by Crippen LogP contribution is -3.13. The van der Waals surface area contributed by atoms with Gasteiger partial charge in [-0.25, -0.2) is 0 Å². The Kier molecular flexibility index (Phi) is 7.21. The molecule has 1 atom stereocenters. The van der Waals surface area contributed by atoms with E-state index in [-0.39, 0.29) is 18.5 Å². The lowest BCUT2D eigenvalue weighted by Gasteiger charge is -2.25. The second-order valence-electron chi connectivity index (χ2n) is 5.22. The van der Waals surface area contributed by atoms with Crippen molar-refractivity contribution < 1.29 is 27.2 Å². The first-order valence-corrected chi connectivity index (χ1v) is 6.92. The molecule has 4 heteroatoms. The normalized spacial score (nSPS) is 17.6. The Morgan fingerprint density at radius 2 is 1.79 bits per heavy atom.